The first-order chi connectivity index (χ1) is 15.3. The number of amides is 3. The van der Waals surface area contributed by atoms with Gasteiger partial charge >= 0.3 is 0 Å². The topological polar surface area (TPSA) is 102 Å². The molecule has 0 radical (unpaired) electrons. The fraction of sp³-hybridized carbons (Fsp3) is 0.375. The van der Waals surface area contributed by atoms with Crippen molar-refractivity contribution in [2.45, 2.75) is 38.4 Å². The van der Waals surface area contributed by atoms with Crippen molar-refractivity contribution < 1.29 is 19.6 Å². The summed E-state index contributed by atoms with van der Waals surface area (Å²) in [6.45, 7) is 4.37. The van der Waals surface area contributed by atoms with E-state index in [9.17, 15) is 14.4 Å². The number of rotatable bonds is 7. The van der Waals surface area contributed by atoms with Crippen molar-refractivity contribution in [1.29, 1.82) is 0 Å². The normalized spacial score (nSPS) is 16.9. The number of benzene rings is 2. The summed E-state index contributed by atoms with van der Waals surface area (Å²) in [5.41, 5.74) is 5.04. The van der Waals surface area contributed by atoms with Crippen LogP contribution in [0.1, 0.15) is 35.7 Å². The third-order valence-corrected chi connectivity index (χ3v) is 6.06. The molecule has 32 heavy (non-hydrogen) atoms. The van der Waals surface area contributed by atoms with E-state index in [-0.39, 0.29) is 0 Å². The lowest BCUT2D eigenvalue weighted by molar-refractivity contribution is -0.140. The molecule has 8 heteroatoms. The molecule has 0 saturated carbocycles. The van der Waals surface area contributed by atoms with E-state index < -0.39 is 23.8 Å². The minimum absolute atomic E-state index is 0.329. The Labute approximate surface area is 188 Å². The molecular formula is C24H30N4O4. The van der Waals surface area contributed by atoms with Crippen LogP contribution in [0.25, 0.3) is 11.1 Å². The number of likely N-dealkylation sites (tertiary alicyclic amines) is 1. The van der Waals surface area contributed by atoms with Gasteiger partial charge in [0, 0.05) is 32.2 Å². The van der Waals surface area contributed by atoms with Crippen LogP contribution in [0, 0.1) is 0 Å². The Hall–Kier alpha value is -3.23. The number of hydrogen-bond donors (Lipinski definition) is 3. The minimum Gasteiger partial charge on any atom is -0.357 e. The van der Waals surface area contributed by atoms with Crippen LogP contribution in [-0.2, 0) is 16.1 Å². The molecular weight excluding hydrogens is 408 g/mol. The van der Waals surface area contributed by atoms with E-state index in [4.69, 9.17) is 5.21 Å². The summed E-state index contributed by atoms with van der Waals surface area (Å²) in [5.74, 6) is -2.20. The van der Waals surface area contributed by atoms with Crippen molar-refractivity contribution in [3.63, 3.8) is 0 Å². The second-order valence-electron chi connectivity index (χ2n) is 8.14. The van der Waals surface area contributed by atoms with Gasteiger partial charge in [0.15, 0.2) is 6.04 Å². The minimum atomic E-state index is -1.48. The third-order valence-electron chi connectivity index (χ3n) is 6.06. The van der Waals surface area contributed by atoms with E-state index in [0.29, 0.717) is 11.6 Å². The summed E-state index contributed by atoms with van der Waals surface area (Å²) < 4.78 is 0. The molecule has 1 aliphatic rings. The number of hydrogen-bond acceptors (Lipinski definition) is 5. The smallest absolute Gasteiger partial charge is 0.275 e. The van der Waals surface area contributed by atoms with Crippen molar-refractivity contribution in [2.75, 3.05) is 20.6 Å². The molecule has 3 rings (SSSR count). The van der Waals surface area contributed by atoms with Crippen LogP contribution in [0.2, 0.25) is 0 Å². The van der Waals surface area contributed by atoms with E-state index in [1.165, 1.54) is 38.0 Å². The molecule has 0 aliphatic carbocycles. The standard InChI is InChI=1S/C24H30N4O4/c1-16-5-4-14-28(16)15-17-6-8-18(9-7-17)19-10-12-20(13-11-19)24(31)27(3)21(22(29)25-2)23(30)26-32/h6-13,16,21,32H,4-5,14-15H2,1-3H3,(H,25,29)(H,26,30). The quantitative estimate of drug-likeness (QED) is 0.349. The number of nitrogens with zero attached hydrogens (tertiary/aromatic N) is 2. The predicted octanol–water partition coefficient (Wildman–Crippen LogP) is 2.03. The highest BCUT2D eigenvalue weighted by Crippen LogP contribution is 2.23. The Morgan fingerprint density at radius 1 is 1.06 bits per heavy atom. The van der Waals surface area contributed by atoms with Gasteiger partial charge in [-0.25, -0.2) is 5.48 Å². The molecule has 2 unspecified atom stereocenters. The highest BCUT2D eigenvalue weighted by molar-refractivity contribution is 6.08. The zero-order valence-electron chi connectivity index (χ0n) is 18.7. The average Bonchev–Trinajstić information content (AvgIpc) is 3.23. The van der Waals surface area contributed by atoms with Crippen molar-refractivity contribution in [3.05, 3.63) is 59.7 Å². The van der Waals surface area contributed by atoms with E-state index >= 15 is 0 Å². The lowest BCUT2D eigenvalue weighted by Gasteiger charge is -2.25. The summed E-state index contributed by atoms with van der Waals surface area (Å²) >= 11 is 0. The van der Waals surface area contributed by atoms with Gasteiger partial charge in [-0.05, 0) is 55.1 Å². The fourth-order valence-corrected chi connectivity index (χ4v) is 4.06. The number of hydroxylamine groups is 1. The van der Waals surface area contributed by atoms with Gasteiger partial charge in [-0.15, -0.1) is 0 Å². The molecule has 2 aromatic rings. The molecule has 3 amide bonds. The first-order valence-electron chi connectivity index (χ1n) is 10.7. The lowest BCUT2D eigenvalue weighted by Crippen LogP contribution is -2.54. The molecule has 0 bridgehead atoms. The molecule has 1 saturated heterocycles. The second-order valence-corrected chi connectivity index (χ2v) is 8.14. The molecule has 0 spiro atoms. The monoisotopic (exact) mass is 438 g/mol. The van der Waals surface area contributed by atoms with Crippen molar-refractivity contribution in [3.8, 4) is 11.1 Å². The van der Waals surface area contributed by atoms with Crippen molar-refractivity contribution in [1.82, 2.24) is 20.6 Å². The average molecular weight is 439 g/mol. The Morgan fingerprint density at radius 3 is 2.16 bits per heavy atom. The van der Waals surface area contributed by atoms with Crippen molar-refractivity contribution >= 4 is 17.7 Å². The lowest BCUT2D eigenvalue weighted by atomic mass is 10.0. The van der Waals surface area contributed by atoms with Gasteiger partial charge in [-0.1, -0.05) is 36.4 Å². The van der Waals surface area contributed by atoms with Crippen LogP contribution in [0.5, 0.6) is 0 Å². The number of carbonyl (C=O) groups excluding carboxylic acids is 3. The van der Waals surface area contributed by atoms with E-state index in [1.807, 2.05) is 12.1 Å². The number of likely N-dealkylation sites (N-methyl/N-ethyl adjacent to an activating group) is 2. The summed E-state index contributed by atoms with van der Waals surface area (Å²) in [6.07, 6.45) is 2.51. The molecule has 1 fully saturated rings. The molecule has 3 N–H and O–H groups in total. The molecule has 2 aromatic carbocycles. The molecule has 8 nitrogen and oxygen atoms in total. The van der Waals surface area contributed by atoms with Crippen LogP contribution in [0.4, 0.5) is 0 Å². The van der Waals surface area contributed by atoms with Crippen LogP contribution in [-0.4, -0.2) is 65.5 Å². The Morgan fingerprint density at radius 2 is 1.66 bits per heavy atom. The van der Waals surface area contributed by atoms with Crippen LogP contribution in [0.3, 0.4) is 0 Å². The Balaban J connectivity index is 1.70. The first kappa shape index (κ1) is 23.4. The maximum Gasteiger partial charge on any atom is 0.275 e. The van der Waals surface area contributed by atoms with Gasteiger partial charge in [-0.3, -0.25) is 24.5 Å². The second kappa shape index (κ2) is 10.4. The van der Waals surface area contributed by atoms with Gasteiger partial charge in [-0.2, -0.15) is 0 Å². The largest absolute Gasteiger partial charge is 0.357 e. The van der Waals surface area contributed by atoms with E-state index in [1.54, 1.807) is 12.1 Å². The zero-order valence-corrected chi connectivity index (χ0v) is 18.7. The molecule has 1 aliphatic heterocycles. The fourth-order valence-electron chi connectivity index (χ4n) is 4.06. The maximum absolute atomic E-state index is 12.8. The SMILES string of the molecule is CNC(=O)C(C(=O)NO)N(C)C(=O)c1ccc(-c2ccc(CN3CCCC3C)cc2)cc1. The third kappa shape index (κ3) is 5.15. The number of carbonyl (C=O) groups is 3. The highest BCUT2D eigenvalue weighted by atomic mass is 16.5. The summed E-state index contributed by atoms with van der Waals surface area (Å²) in [7, 11) is 2.69. The summed E-state index contributed by atoms with van der Waals surface area (Å²) in [5, 5.41) is 11.2. The van der Waals surface area contributed by atoms with E-state index in [2.05, 4.69) is 41.4 Å². The van der Waals surface area contributed by atoms with Gasteiger partial charge in [0.05, 0.1) is 0 Å². The van der Waals surface area contributed by atoms with Gasteiger partial charge < -0.3 is 10.2 Å². The molecule has 2 atom stereocenters. The zero-order chi connectivity index (χ0) is 23.3. The molecule has 0 aromatic heterocycles. The summed E-state index contributed by atoms with van der Waals surface area (Å²) in [4.78, 5) is 40.1. The Kier molecular flexibility index (Phi) is 7.61. The Bertz CT molecular complexity index is 943. The van der Waals surface area contributed by atoms with Crippen molar-refractivity contribution in [2.24, 2.45) is 0 Å². The van der Waals surface area contributed by atoms with E-state index in [0.717, 1.165) is 29.1 Å². The number of nitrogens with one attached hydrogen (secondary N) is 2. The summed E-state index contributed by atoms with van der Waals surface area (Å²) in [6, 6.07) is 14.5. The maximum atomic E-state index is 12.8. The highest BCUT2D eigenvalue weighted by Gasteiger charge is 2.33. The van der Waals surface area contributed by atoms with Gasteiger partial charge in [0.1, 0.15) is 0 Å². The van der Waals surface area contributed by atoms with Crippen LogP contribution in [0.15, 0.2) is 48.5 Å². The molecule has 1 heterocycles. The van der Waals surface area contributed by atoms with Gasteiger partial charge in [0.2, 0.25) is 0 Å². The molecule has 170 valence electrons. The first-order valence-corrected chi connectivity index (χ1v) is 10.7. The van der Waals surface area contributed by atoms with Crippen LogP contribution >= 0.6 is 0 Å². The predicted molar refractivity (Wildman–Crippen MR) is 121 cm³/mol. The van der Waals surface area contributed by atoms with Gasteiger partial charge in [0.25, 0.3) is 17.7 Å². The van der Waals surface area contributed by atoms with Crippen LogP contribution < -0.4 is 10.8 Å².